The maximum absolute atomic E-state index is 13.2. The second-order valence-electron chi connectivity index (χ2n) is 6.79. The number of aromatic nitrogens is 4. The zero-order valence-corrected chi connectivity index (χ0v) is 17.1. The van der Waals surface area contributed by atoms with Gasteiger partial charge in [-0.05, 0) is 31.2 Å². The van der Waals surface area contributed by atoms with Crippen molar-refractivity contribution in [2.24, 2.45) is 7.05 Å². The first-order valence-corrected chi connectivity index (χ1v) is 9.29. The Labute approximate surface area is 183 Å². The van der Waals surface area contributed by atoms with E-state index in [0.29, 0.717) is 12.1 Å². The van der Waals surface area contributed by atoms with Crippen LogP contribution in [0.15, 0.2) is 47.5 Å². The molecule has 0 bridgehead atoms. The molecule has 33 heavy (non-hydrogen) atoms. The Bertz CT molecular complexity index is 1230. The zero-order valence-electron chi connectivity index (χ0n) is 17.1. The Morgan fingerprint density at radius 3 is 2.45 bits per heavy atom. The lowest BCUT2D eigenvalue weighted by molar-refractivity contribution is -0.138. The molecule has 1 aromatic carbocycles. The average molecular weight is 469 g/mol. The Morgan fingerprint density at radius 1 is 1.12 bits per heavy atom. The van der Waals surface area contributed by atoms with Crippen molar-refractivity contribution in [1.29, 1.82) is 0 Å². The van der Waals surface area contributed by atoms with E-state index in [0.717, 1.165) is 10.7 Å². The third-order valence-corrected chi connectivity index (χ3v) is 4.41. The van der Waals surface area contributed by atoms with Gasteiger partial charge < -0.3 is 10.1 Å². The molecule has 0 saturated carbocycles. The topological polar surface area (TPSA) is 99.0 Å². The standard InChI is InChI=1S/C20H16F5N5O3/c1-10(16-17(27-6-5-26-16)14-3-4-15(31)30(2)29-14)28-18(32)11-7-12(20(23,24)25)9-13(8-11)33-19(21)22/h3-10,19H,1-2H3,(H,28,32). The number of amides is 1. The van der Waals surface area contributed by atoms with Crippen LogP contribution in [-0.4, -0.2) is 32.3 Å². The van der Waals surface area contributed by atoms with Gasteiger partial charge in [0.1, 0.15) is 17.1 Å². The van der Waals surface area contributed by atoms with Gasteiger partial charge in [0.15, 0.2) is 0 Å². The molecule has 2 heterocycles. The third-order valence-electron chi connectivity index (χ3n) is 4.41. The van der Waals surface area contributed by atoms with Gasteiger partial charge in [0.2, 0.25) is 0 Å². The molecule has 8 nitrogen and oxygen atoms in total. The summed E-state index contributed by atoms with van der Waals surface area (Å²) >= 11 is 0. The summed E-state index contributed by atoms with van der Waals surface area (Å²) in [6, 6.07) is 3.46. The van der Waals surface area contributed by atoms with E-state index in [1.165, 1.54) is 38.5 Å². The van der Waals surface area contributed by atoms with E-state index in [1.54, 1.807) is 0 Å². The van der Waals surface area contributed by atoms with Gasteiger partial charge >= 0.3 is 12.8 Å². The summed E-state index contributed by atoms with van der Waals surface area (Å²) in [7, 11) is 1.43. The van der Waals surface area contributed by atoms with E-state index in [2.05, 4.69) is 25.1 Å². The third kappa shape index (κ3) is 5.67. The molecule has 0 saturated heterocycles. The predicted molar refractivity (Wildman–Crippen MR) is 104 cm³/mol. The van der Waals surface area contributed by atoms with Gasteiger partial charge in [-0.25, -0.2) is 4.68 Å². The molecule has 1 amide bonds. The number of carbonyl (C=O) groups excluding carboxylic acids is 1. The molecule has 0 fully saturated rings. The Morgan fingerprint density at radius 2 is 1.82 bits per heavy atom. The second kappa shape index (κ2) is 9.30. The van der Waals surface area contributed by atoms with Crippen molar-refractivity contribution in [3.8, 4) is 17.1 Å². The number of hydrogen-bond acceptors (Lipinski definition) is 6. The van der Waals surface area contributed by atoms with E-state index in [4.69, 9.17) is 0 Å². The Hall–Kier alpha value is -3.90. The monoisotopic (exact) mass is 469 g/mol. The minimum atomic E-state index is -4.89. The fourth-order valence-corrected chi connectivity index (χ4v) is 2.90. The lowest BCUT2D eigenvalue weighted by Crippen LogP contribution is -2.28. The van der Waals surface area contributed by atoms with Gasteiger partial charge in [0.05, 0.1) is 17.3 Å². The first-order chi connectivity index (χ1) is 15.5. The molecule has 0 radical (unpaired) electrons. The Kier molecular flexibility index (Phi) is 6.70. The first-order valence-electron chi connectivity index (χ1n) is 9.29. The molecule has 174 valence electrons. The number of rotatable bonds is 6. The van der Waals surface area contributed by atoms with Crippen LogP contribution in [-0.2, 0) is 13.2 Å². The molecule has 2 aromatic heterocycles. The molecule has 1 unspecified atom stereocenters. The fourth-order valence-electron chi connectivity index (χ4n) is 2.90. The number of nitrogens with zero attached hydrogens (tertiary/aromatic N) is 4. The van der Waals surface area contributed by atoms with E-state index in [1.807, 2.05) is 0 Å². The molecule has 0 aliphatic carbocycles. The molecule has 3 aromatic rings. The quantitative estimate of drug-likeness (QED) is 0.556. The molecule has 0 aliphatic heterocycles. The number of halogens is 5. The molecule has 3 rings (SSSR count). The van der Waals surface area contributed by atoms with Crippen molar-refractivity contribution < 1.29 is 31.5 Å². The normalized spacial score (nSPS) is 12.5. The highest BCUT2D eigenvalue weighted by atomic mass is 19.4. The predicted octanol–water partition coefficient (Wildman–Crippen LogP) is 3.35. The van der Waals surface area contributed by atoms with Crippen LogP contribution < -0.4 is 15.6 Å². The highest BCUT2D eigenvalue weighted by molar-refractivity contribution is 5.95. The van der Waals surface area contributed by atoms with E-state index in [9.17, 15) is 31.5 Å². The molecule has 0 spiro atoms. The van der Waals surface area contributed by atoms with Crippen molar-refractivity contribution >= 4 is 5.91 Å². The lowest BCUT2D eigenvalue weighted by Gasteiger charge is -2.17. The smallest absolute Gasteiger partial charge is 0.416 e. The van der Waals surface area contributed by atoms with Crippen LogP contribution >= 0.6 is 0 Å². The average Bonchev–Trinajstić information content (AvgIpc) is 2.74. The van der Waals surface area contributed by atoms with Crippen LogP contribution in [0.1, 0.15) is 34.6 Å². The number of nitrogens with one attached hydrogen (secondary N) is 1. The second-order valence-corrected chi connectivity index (χ2v) is 6.79. The van der Waals surface area contributed by atoms with Crippen LogP contribution in [0.2, 0.25) is 0 Å². The number of carbonyl (C=O) groups is 1. The van der Waals surface area contributed by atoms with Gasteiger partial charge in [0, 0.05) is 31.1 Å². The number of aryl methyl sites for hydroxylation is 1. The fraction of sp³-hybridized carbons (Fsp3) is 0.250. The van der Waals surface area contributed by atoms with Crippen LogP contribution in [0.3, 0.4) is 0 Å². The van der Waals surface area contributed by atoms with Gasteiger partial charge in [0.25, 0.3) is 11.5 Å². The number of ether oxygens (including phenoxy) is 1. The zero-order chi connectivity index (χ0) is 24.3. The number of benzene rings is 1. The van der Waals surface area contributed by atoms with Gasteiger partial charge in [-0.15, -0.1) is 0 Å². The Balaban J connectivity index is 1.93. The summed E-state index contributed by atoms with van der Waals surface area (Å²) in [5.41, 5.74) is -1.52. The van der Waals surface area contributed by atoms with Gasteiger partial charge in [-0.1, -0.05) is 0 Å². The molecular formula is C20H16F5N5O3. The molecular weight excluding hydrogens is 453 g/mol. The molecule has 0 aliphatic rings. The molecule has 13 heteroatoms. The minimum Gasteiger partial charge on any atom is -0.435 e. The van der Waals surface area contributed by atoms with Crippen LogP contribution in [0.5, 0.6) is 5.75 Å². The van der Waals surface area contributed by atoms with Crippen LogP contribution in [0, 0.1) is 0 Å². The minimum absolute atomic E-state index is 0.216. The summed E-state index contributed by atoms with van der Waals surface area (Å²) in [6.07, 6.45) is -2.20. The highest BCUT2D eigenvalue weighted by Gasteiger charge is 2.32. The first kappa shape index (κ1) is 23.8. The van der Waals surface area contributed by atoms with Gasteiger partial charge in [-0.3, -0.25) is 19.6 Å². The summed E-state index contributed by atoms with van der Waals surface area (Å²) in [4.78, 5) is 32.6. The molecule has 1 N–H and O–H groups in total. The van der Waals surface area contributed by atoms with Crippen molar-refractivity contribution in [2.75, 3.05) is 0 Å². The van der Waals surface area contributed by atoms with Crippen molar-refractivity contribution in [2.45, 2.75) is 25.8 Å². The summed E-state index contributed by atoms with van der Waals surface area (Å²) in [5, 5.41) is 6.54. The SMILES string of the molecule is CC(NC(=O)c1cc(OC(F)F)cc(C(F)(F)F)c1)c1nccnc1-c1ccc(=O)n(C)n1. The van der Waals surface area contributed by atoms with Crippen LogP contribution in [0.25, 0.3) is 11.4 Å². The number of alkyl halides is 5. The van der Waals surface area contributed by atoms with E-state index < -0.39 is 41.6 Å². The van der Waals surface area contributed by atoms with Gasteiger partial charge in [-0.2, -0.15) is 27.1 Å². The van der Waals surface area contributed by atoms with E-state index in [-0.39, 0.29) is 22.6 Å². The summed E-state index contributed by atoms with van der Waals surface area (Å²) < 4.78 is 69.6. The lowest BCUT2D eigenvalue weighted by atomic mass is 10.1. The number of hydrogen-bond donors (Lipinski definition) is 1. The largest absolute Gasteiger partial charge is 0.435 e. The maximum Gasteiger partial charge on any atom is 0.416 e. The maximum atomic E-state index is 13.2. The summed E-state index contributed by atoms with van der Waals surface area (Å²) in [5.74, 6) is -1.80. The van der Waals surface area contributed by atoms with E-state index >= 15 is 0 Å². The molecule has 1 atom stereocenters. The van der Waals surface area contributed by atoms with Crippen molar-refractivity contribution in [1.82, 2.24) is 25.1 Å². The van der Waals surface area contributed by atoms with Crippen LogP contribution in [0.4, 0.5) is 22.0 Å². The summed E-state index contributed by atoms with van der Waals surface area (Å²) in [6.45, 7) is -1.88. The van der Waals surface area contributed by atoms with Crippen molar-refractivity contribution in [3.63, 3.8) is 0 Å². The van der Waals surface area contributed by atoms with Crippen molar-refractivity contribution in [3.05, 3.63) is 69.9 Å². The highest BCUT2D eigenvalue weighted by Crippen LogP contribution is 2.33.